The van der Waals surface area contributed by atoms with Crippen LogP contribution in [0, 0.1) is 0 Å². The molecule has 1 heterocycles. The lowest BCUT2D eigenvalue weighted by molar-refractivity contribution is 0.487. The highest BCUT2D eigenvalue weighted by Gasteiger charge is 2.21. The van der Waals surface area contributed by atoms with Crippen molar-refractivity contribution in [2.75, 3.05) is 0 Å². The molecule has 0 amide bonds. The van der Waals surface area contributed by atoms with Crippen LogP contribution in [0.15, 0.2) is 133 Å². The number of ether oxygens (including phenoxy) is 1. The summed E-state index contributed by atoms with van der Waals surface area (Å²) >= 11 is 0. The number of rotatable bonds is 2. The van der Waals surface area contributed by atoms with E-state index in [1.807, 2.05) is 12.1 Å². The molecule has 1 nitrogen and oxygen atoms in total. The summed E-state index contributed by atoms with van der Waals surface area (Å²) in [4.78, 5) is 0. The van der Waals surface area contributed by atoms with Crippen LogP contribution < -0.4 is 4.74 Å². The zero-order valence-corrected chi connectivity index (χ0v) is 20.1. The van der Waals surface area contributed by atoms with Crippen molar-refractivity contribution in [3.05, 3.63) is 133 Å². The largest absolute Gasteiger partial charge is 0.456 e. The lowest BCUT2D eigenvalue weighted by Gasteiger charge is -2.22. The summed E-state index contributed by atoms with van der Waals surface area (Å²) in [7, 11) is 0. The van der Waals surface area contributed by atoms with E-state index in [1.165, 1.54) is 60.1 Å². The highest BCUT2D eigenvalue weighted by molar-refractivity contribution is 6.10. The first-order valence-corrected chi connectivity index (χ1v) is 12.7. The molecule has 0 saturated carbocycles. The Hall–Kier alpha value is -4.88. The van der Waals surface area contributed by atoms with Crippen LogP contribution >= 0.6 is 0 Å². The normalized spacial score (nSPS) is 12.0. The molecule has 0 aliphatic carbocycles. The van der Waals surface area contributed by atoms with E-state index >= 15 is 0 Å². The van der Waals surface area contributed by atoms with E-state index < -0.39 is 0 Å². The molecule has 0 aromatic heterocycles. The lowest BCUT2D eigenvalue weighted by atomic mass is 9.90. The highest BCUT2D eigenvalue weighted by atomic mass is 16.5. The molecule has 7 aromatic carbocycles. The number of hydrogen-bond donors (Lipinski definition) is 0. The summed E-state index contributed by atoms with van der Waals surface area (Å²) in [6.45, 7) is 0. The Labute approximate surface area is 215 Å². The molecule has 0 unspecified atom stereocenters. The third-order valence-electron chi connectivity index (χ3n) is 7.67. The van der Waals surface area contributed by atoms with Gasteiger partial charge in [-0.05, 0) is 72.9 Å². The molecule has 0 saturated heterocycles. The Kier molecular flexibility index (Phi) is 4.29. The molecule has 7 aromatic rings. The summed E-state index contributed by atoms with van der Waals surface area (Å²) in [5, 5.41) is 7.55. The van der Waals surface area contributed by atoms with E-state index in [2.05, 4.69) is 121 Å². The van der Waals surface area contributed by atoms with Gasteiger partial charge in [-0.2, -0.15) is 0 Å². The number of fused-ring (bicyclic) bond motifs is 5. The van der Waals surface area contributed by atoms with Gasteiger partial charge in [0.15, 0.2) is 0 Å². The quantitative estimate of drug-likeness (QED) is 0.228. The van der Waals surface area contributed by atoms with E-state index in [4.69, 9.17) is 4.74 Å². The summed E-state index contributed by atoms with van der Waals surface area (Å²) in [6, 6.07) is 47.9. The maximum absolute atomic E-state index is 6.28. The van der Waals surface area contributed by atoms with Gasteiger partial charge in [0.25, 0.3) is 0 Å². The maximum Gasteiger partial charge on any atom is 0.135 e. The zero-order valence-electron chi connectivity index (χ0n) is 20.1. The van der Waals surface area contributed by atoms with Crippen molar-refractivity contribution < 1.29 is 4.74 Å². The van der Waals surface area contributed by atoms with Crippen LogP contribution in [0.2, 0.25) is 0 Å². The van der Waals surface area contributed by atoms with Gasteiger partial charge in [0.2, 0.25) is 0 Å². The van der Waals surface area contributed by atoms with Gasteiger partial charge in [-0.15, -0.1) is 0 Å². The fourth-order valence-electron chi connectivity index (χ4n) is 5.87. The Bertz CT molecular complexity index is 2000. The lowest BCUT2D eigenvalue weighted by Crippen LogP contribution is -1.97. The van der Waals surface area contributed by atoms with Crippen LogP contribution in [0.1, 0.15) is 0 Å². The summed E-state index contributed by atoms with van der Waals surface area (Å²) < 4.78 is 6.28. The first-order valence-electron chi connectivity index (χ1n) is 12.7. The van der Waals surface area contributed by atoms with Crippen LogP contribution in [0.4, 0.5) is 0 Å². The first-order chi connectivity index (χ1) is 18.3. The van der Waals surface area contributed by atoms with Gasteiger partial charge < -0.3 is 4.74 Å². The van der Waals surface area contributed by atoms with Crippen LogP contribution in [0.5, 0.6) is 11.5 Å². The van der Waals surface area contributed by atoms with Crippen molar-refractivity contribution in [3.8, 4) is 44.9 Å². The summed E-state index contributed by atoms with van der Waals surface area (Å²) in [5.41, 5.74) is 7.27. The molecular weight excluding hydrogens is 448 g/mol. The average molecular weight is 471 g/mol. The van der Waals surface area contributed by atoms with Gasteiger partial charge in [-0.3, -0.25) is 0 Å². The van der Waals surface area contributed by atoms with Crippen molar-refractivity contribution >= 4 is 32.3 Å². The molecule has 1 heteroatoms. The minimum absolute atomic E-state index is 0.919. The van der Waals surface area contributed by atoms with Crippen LogP contribution in [-0.2, 0) is 0 Å². The van der Waals surface area contributed by atoms with Crippen LogP contribution in [0.3, 0.4) is 0 Å². The van der Waals surface area contributed by atoms with Gasteiger partial charge in [0, 0.05) is 10.9 Å². The van der Waals surface area contributed by atoms with Crippen molar-refractivity contribution in [2.45, 2.75) is 0 Å². The van der Waals surface area contributed by atoms with Gasteiger partial charge in [-0.1, -0.05) is 115 Å². The minimum Gasteiger partial charge on any atom is -0.456 e. The summed E-state index contributed by atoms with van der Waals surface area (Å²) in [6.07, 6.45) is 0. The second kappa shape index (κ2) is 7.81. The third kappa shape index (κ3) is 3.11. The standard InChI is InChI=1S/C36H22O/c1-2-7-28-24(6-1)16-17-27-22-26(18-19-30(27)28)23-12-14-25(15-13-23)29-20-21-35-36-32(29)9-5-10-33(36)31-8-3-4-11-34(31)37-35/h1-22H. The molecule has 0 bridgehead atoms. The SMILES string of the molecule is c1ccc2c(c1)Oc1ccc(-c3ccc(-c4ccc5c(ccc6ccccc65)c4)cc3)c3cccc-2c13. The maximum atomic E-state index is 6.28. The van der Waals surface area contributed by atoms with Crippen molar-refractivity contribution in [1.82, 2.24) is 0 Å². The van der Waals surface area contributed by atoms with Gasteiger partial charge in [0.05, 0.1) is 0 Å². The second-order valence-corrected chi connectivity index (χ2v) is 9.74. The molecule has 0 radical (unpaired) electrons. The monoisotopic (exact) mass is 470 g/mol. The molecule has 0 N–H and O–H groups in total. The van der Waals surface area contributed by atoms with Gasteiger partial charge >= 0.3 is 0 Å². The van der Waals surface area contributed by atoms with Gasteiger partial charge in [-0.25, -0.2) is 0 Å². The average Bonchev–Trinajstić information content (AvgIpc) is 2.97. The summed E-state index contributed by atoms with van der Waals surface area (Å²) in [5.74, 6) is 1.84. The second-order valence-electron chi connectivity index (χ2n) is 9.74. The topological polar surface area (TPSA) is 9.23 Å². The molecule has 0 atom stereocenters. The minimum atomic E-state index is 0.919. The Morgan fingerprint density at radius 3 is 2.00 bits per heavy atom. The van der Waals surface area contributed by atoms with Crippen molar-refractivity contribution in [2.24, 2.45) is 0 Å². The molecule has 1 aliphatic rings. The van der Waals surface area contributed by atoms with E-state index in [1.54, 1.807) is 0 Å². The first kappa shape index (κ1) is 20.3. The van der Waals surface area contributed by atoms with E-state index in [9.17, 15) is 0 Å². The van der Waals surface area contributed by atoms with Crippen molar-refractivity contribution in [3.63, 3.8) is 0 Å². The van der Waals surface area contributed by atoms with E-state index in [0.29, 0.717) is 0 Å². The van der Waals surface area contributed by atoms with Crippen molar-refractivity contribution in [1.29, 1.82) is 0 Å². The Morgan fingerprint density at radius 1 is 0.351 bits per heavy atom. The Balaban J connectivity index is 1.22. The van der Waals surface area contributed by atoms with Crippen LogP contribution in [0.25, 0.3) is 65.7 Å². The predicted octanol–water partition coefficient (Wildman–Crippen LogP) is 10.3. The molecule has 0 spiro atoms. The van der Waals surface area contributed by atoms with E-state index in [0.717, 1.165) is 17.1 Å². The molecule has 1 aliphatic heterocycles. The molecular formula is C36H22O. The number of para-hydroxylation sites is 1. The molecule has 0 fully saturated rings. The van der Waals surface area contributed by atoms with Crippen LogP contribution in [-0.4, -0.2) is 0 Å². The number of benzene rings is 7. The van der Waals surface area contributed by atoms with E-state index in [-0.39, 0.29) is 0 Å². The smallest absolute Gasteiger partial charge is 0.135 e. The molecule has 172 valence electrons. The fourth-order valence-corrected chi connectivity index (χ4v) is 5.87. The zero-order chi connectivity index (χ0) is 24.3. The predicted molar refractivity (Wildman–Crippen MR) is 155 cm³/mol. The molecule has 37 heavy (non-hydrogen) atoms. The number of hydrogen-bond acceptors (Lipinski definition) is 1. The third-order valence-corrected chi connectivity index (χ3v) is 7.67. The Morgan fingerprint density at radius 2 is 1.05 bits per heavy atom. The van der Waals surface area contributed by atoms with Gasteiger partial charge in [0.1, 0.15) is 11.5 Å². The molecule has 8 rings (SSSR count). The fraction of sp³-hybridized carbons (Fsp3) is 0. The highest BCUT2D eigenvalue weighted by Crippen LogP contribution is 2.48.